The number of hydrogen-bond donors (Lipinski definition) is 2. The number of para-hydroxylation sites is 1. The Bertz CT molecular complexity index is 603. The van der Waals surface area contributed by atoms with Crippen LogP contribution in [-0.2, 0) is 6.42 Å². The molecule has 0 amide bonds. The second kappa shape index (κ2) is 5.61. The van der Waals surface area contributed by atoms with E-state index in [1.807, 2.05) is 30.3 Å². The van der Waals surface area contributed by atoms with Gasteiger partial charge in [-0.25, -0.2) is 4.39 Å². The molecule has 104 valence electrons. The highest BCUT2D eigenvalue weighted by Crippen LogP contribution is 2.33. The first kappa shape index (κ1) is 13.1. The molecule has 0 aliphatic carbocycles. The molecule has 1 aliphatic rings. The first-order valence-electron chi connectivity index (χ1n) is 6.71. The first-order chi connectivity index (χ1) is 9.79. The average Bonchev–Trinajstić information content (AvgIpc) is 2.50. The summed E-state index contributed by atoms with van der Waals surface area (Å²) < 4.78 is 19.7. The molecule has 1 aliphatic heterocycles. The van der Waals surface area contributed by atoms with Crippen molar-refractivity contribution in [2.45, 2.75) is 12.5 Å². The van der Waals surface area contributed by atoms with Crippen molar-refractivity contribution >= 4 is 0 Å². The van der Waals surface area contributed by atoms with Crippen LogP contribution in [0.5, 0.6) is 5.75 Å². The minimum atomic E-state index is -0.260. The van der Waals surface area contributed by atoms with Crippen molar-refractivity contribution in [1.29, 1.82) is 0 Å². The van der Waals surface area contributed by atoms with Crippen molar-refractivity contribution in [3.05, 3.63) is 65.5 Å². The maximum atomic E-state index is 13.9. The van der Waals surface area contributed by atoms with Crippen LogP contribution < -0.4 is 16.0 Å². The third kappa shape index (κ3) is 2.40. The van der Waals surface area contributed by atoms with E-state index < -0.39 is 0 Å². The second-order valence-electron chi connectivity index (χ2n) is 5.05. The number of rotatable bonds is 3. The molecular weight excluding hydrogens is 255 g/mol. The summed E-state index contributed by atoms with van der Waals surface area (Å²) in [5, 5.41) is 0. The highest BCUT2D eigenvalue weighted by atomic mass is 19.1. The lowest BCUT2D eigenvalue weighted by Gasteiger charge is -2.31. The zero-order valence-corrected chi connectivity index (χ0v) is 11.1. The van der Waals surface area contributed by atoms with Gasteiger partial charge in [-0.2, -0.15) is 0 Å². The molecule has 0 saturated carbocycles. The molecule has 0 saturated heterocycles. The van der Waals surface area contributed by atoms with E-state index in [4.69, 9.17) is 10.6 Å². The minimum absolute atomic E-state index is 0.104. The number of hydrazine groups is 1. The molecule has 0 aromatic heterocycles. The Morgan fingerprint density at radius 3 is 2.70 bits per heavy atom. The summed E-state index contributed by atoms with van der Waals surface area (Å²) in [6.07, 6.45) is 0.819. The van der Waals surface area contributed by atoms with Crippen LogP contribution in [-0.4, -0.2) is 6.61 Å². The summed E-state index contributed by atoms with van der Waals surface area (Å²) in [4.78, 5) is 0. The van der Waals surface area contributed by atoms with Crippen LogP contribution in [0.15, 0.2) is 48.5 Å². The summed E-state index contributed by atoms with van der Waals surface area (Å²) in [7, 11) is 0. The van der Waals surface area contributed by atoms with Crippen LogP contribution in [0.3, 0.4) is 0 Å². The SMILES string of the molecule is NNC(c1ccccc1F)C1COc2ccccc2C1. The Balaban J connectivity index is 1.87. The average molecular weight is 272 g/mol. The number of nitrogens with two attached hydrogens (primary N) is 1. The van der Waals surface area contributed by atoms with Gasteiger partial charge in [0, 0.05) is 11.5 Å². The largest absolute Gasteiger partial charge is 0.493 e. The van der Waals surface area contributed by atoms with E-state index in [-0.39, 0.29) is 17.8 Å². The second-order valence-corrected chi connectivity index (χ2v) is 5.05. The molecule has 2 aromatic carbocycles. The fourth-order valence-electron chi connectivity index (χ4n) is 2.77. The maximum absolute atomic E-state index is 13.9. The molecule has 1 heterocycles. The normalized spacial score (nSPS) is 19.0. The molecule has 2 atom stereocenters. The number of halogens is 1. The van der Waals surface area contributed by atoms with Crippen molar-refractivity contribution < 1.29 is 9.13 Å². The van der Waals surface area contributed by atoms with Gasteiger partial charge in [0.05, 0.1) is 12.6 Å². The Hall–Kier alpha value is -1.91. The molecule has 3 nitrogen and oxygen atoms in total. The molecule has 4 heteroatoms. The highest BCUT2D eigenvalue weighted by molar-refractivity contribution is 5.36. The van der Waals surface area contributed by atoms with Gasteiger partial charge in [-0.3, -0.25) is 11.3 Å². The number of ether oxygens (including phenoxy) is 1. The number of nitrogens with one attached hydrogen (secondary N) is 1. The van der Waals surface area contributed by atoms with E-state index in [0.29, 0.717) is 12.2 Å². The molecule has 0 bridgehead atoms. The molecule has 0 fully saturated rings. The highest BCUT2D eigenvalue weighted by Gasteiger charge is 2.29. The van der Waals surface area contributed by atoms with Crippen LogP contribution >= 0.6 is 0 Å². The summed E-state index contributed by atoms with van der Waals surface area (Å²) in [6.45, 7) is 0.528. The number of hydrogen-bond acceptors (Lipinski definition) is 3. The van der Waals surface area contributed by atoms with E-state index >= 15 is 0 Å². The van der Waals surface area contributed by atoms with Gasteiger partial charge in [0.25, 0.3) is 0 Å². The van der Waals surface area contributed by atoms with Gasteiger partial charge in [0.2, 0.25) is 0 Å². The Morgan fingerprint density at radius 2 is 1.90 bits per heavy atom. The predicted octanol–water partition coefficient (Wildman–Crippen LogP) is 2.58. The number of benzene rings is 2. The summed E-state index contributed by atoms with van der Waals surface area (Å²) in [6, 6.07) is 14.4. The zero-order valence-electron chi connectivity index (χ0n) is 11.1. The smallest absolute Gasteiger partial charge is 0.128 e. The predicted molar refractivity (Wildman–Crippen MR) is 75.6 cm³/mol. The molecular formula is C16H17FN2O. The number of fused-ring (bicyclic) bond motifs is 1. The van der Waals surface area contributed by atoms with E-state index in [1.165, 1.54) is 6.07 Å². The fraction of sp³-hybridized carbons (Fsp3) is 0.250. The summed E-state index contributed by atoms with van der Waals surface area (Å²) in [5.74, 6) is 6.42. The Labute approximate surface area is 117 Å². The van der Waals surface area contributed by atoms with Gasteiger partial charge in [-0.15, -0.1) is 0 Å². The quantitative estimate of drug-likeness (QED) is 0.667. The standard InChI is InChI=1S/C16H17FN2O/c17-14-7-3-2-6-13(14)16(19-18)12-9-11-5-1-4-8-15(11)20-10-12/h1-8,12,16,19H,9-10,18H2. The van der Waals surface area contributed by atoms with Crippen molar-refractivity contribution in [2.75, 3.05) is 6.61 Å². The molecule has 0 spiro atoms. The van der Waals surface area contributed by atoms with Crippen LogP contribution in [0.2, 0.25) is 0 Å². The van der Waals surface area contributed by atoms with Gasteiger partial charge in [-0.1, -0.05) is 36.4 Å². The van der Waals surface area contributed by atoms with Crippen LogP contribution in [0.1, 0.15) is 17.2 Å². The topological polar surface area (TPSA) is 47.3 Å². The fourth-order valence-corrected chi connectivity index (χ4v) is 2.77. The molecule has 0 radical (unpaired) electrons. The van der Waals surface area contributed by atoms with E-state index in [1.54, 1.807) is 12.1 Å². The van der Waals surface area contributed by atoms with Gasteiger partial charge in [0.1, 0.15) is 11.6 Å². The molecule has 2 aromatic rings. The van der Waals surface area contributed by atoms with Crippen molar-refractivity contribution in [3.8, 4) is 5.75 Å². The lowest BCUT2D eigenvalue weighted by atomic mass is 9.86. The van der Waals surface area contributed by atoms with E-state index in [0.717, 1.165) is 17.7 Å². The Kier molecular flexibility index (Phi) is 3.67. The first-order valence-corrected chi connectivity index (χ1v) is 6.71. The molecule has 3 rings (SSSR count). The molecule has 3 N–H and O–H groups in total. The van der Waals surface area contributed by atoms with Gasteiger partial charge < -0.3 is 4.74 Å². The maximum Gasteiger partial charge on any atom is 0.128 e. The van der Waals surface area contributed by atoms with Gasteiger partial charge in [0.15, 0.2) is 0 Å². The lowest BCUT2D eigenvalue weighted by molar-refractivity contribution is 0.183. The van der Waals surface area contributed by atoms with E-state index in [9.17, 15) is 4.39 Å². The van der Waals surface area contributed by atoms with Crippen molar-refractivity contribution in [1.82, 2.24) is 5.43 Å². The van der Waals surface area contributed by atoms with Crippen LogP contribution in [0.25, 0.3) is 0 Å². The minimum Gasteiger partial charge on any atom is -0.493 e. The molecule has 2 unspecified atom stereocenters. The zero-order chi connectivity index (χ0) is 13.9. The van der Waals surface area contributed by atoms with Gasteiger partial charge in [-0.05, 0) is 24.1 Å². The van der Waals surface area contributed by atoms with E-state index in [2.05, 4.69) is 5.43 Å². The third-order valence-electron chi connectivity index (χ3n) is 3.80. The summed E-state index contributed by atoms with van der Waals surface area (Å²) in [5.41, 5.74) is 4.46. The lowest BCUT2D eigenvalue weighted by Crippen LogP contribution is -2.39. The Morgan fingerprint density at radius 1 is 1.15 bits per heavy atom. The van der Waals surface area contributed by atoms with Crippen LogP contribution in [0, 0.1) is 11.7 Å². The summed E-state index contributed by atoms with van der Waals surface area (Å²) >= 11 is 0. The van der Waals surface area contributed by atoms with Gasteiger partial charge >= 0.3 is 0 Å². The monoisotopic (exact) mass is 272 g/mol. The molecule has 20 heavy (non-hydrogen) atoms. The third-order valence-corrected chi connectivity index (χ3v) is 3.80. The van der Waals surface area contributed by atoms with Crippen molar-refractivity contribution in [2.24, 2.45) is 11.8 Å². The van der Waals surface area contributed by atoms with Crippen LogP contribution in [0.4, 0.5) is 4.39 Å². The van der Waals surface area contributed by atoms with Crippen molar-refractivity contribution in [3.63, 3.8) is 0 Å².